The molecule has 6 heteroatoms. The van der Waals surface area contributed by atoms with Crippen molar-refractivity contribution in [2.75, 3.05) is 0 Å². The maximum atomic E-state index is 11.3. The van der Waals surface area contributed by atoms with Crippen LogP contribution < -0.4 is 5.56 Å². The minimum atomic E-state index is -1.32. The Morgan fingerprint density at radius 2 is 2.21 bits per heavy atom. The molecule has 2 aromatic heterocycles. The van der Waals surface area contributed by atoms with Crippen LogP contribution in [0.1, 0.15) is 10.4 Å². The molecule has 0 bridgehead atoms. The van der Waals surface area contributed by atoms with Crippen LogP contribution in [0.15, 0.2) is 15.6 Å². The average Bonchev–Trinajstić information content (AvgIpc) is 2.50. The Kier molecular flexibility index (Phi) is 2.05. The van der Waals surface area contributed by atoms with E-state index < -0.39 is 17.1 Å². The molecule has 0 aromatic carbocycles. The summed E-state index contributed by atoms with van der Waals surface area (Å²) in [6.07, 6.45) is 0. The van der Waals surface area contributed by atoms with Gasteiger partial charge in [-0.1, -0.05) is 11.6 Å². The van der Waals surface area contributed by atoms with Gasteiger partial charge in [-0.3, -0.25) is 4.79 Å². The van der Waals surface area contributed by atoms with E-state index in [9.17, 15) is 9.59 Å². The number of carboxylic acid groups (broad SMARTS) is 1. The number of aromatic amines is 1. The highest BCUT2D eigenvalue weighted by Crippen LogP contribution is 2.26. The van der Waals surface area contributed by atoms with Crippen molar-refractivity contribution in [1.29, 1.82) is 0 Å². The van der Waals surface area contributed by atoms with Gasteiger partial charge in [0.05, 0.1) is 10.5 Å². The maximum absolute atomic E-state index is 11.3. The number of pyridine rings is 1. The Balaban J connectivity index is 2.96. The quantitative estimate of drug-likeness (QED) is 0.785. The van der Waals surface area contributed by atoms with Crippen molar-refractivity contribution in [2.24, 2.45) is 0 Å². The standard InChI is InChI=1S/C8H4ClNO3S/c9-6-3-1-14-2-4(3)10-7(11)5(6)8(12)13/h1-2H,(H,10,11)(H,12,13). The summed E-state index contributed by atoms with van der Waals surface area (Å²) in [6, 6.07) is 0. The van der Waals surface area contributed by atoms with Crippen LogP contribution >= 0.6 is 22.9 Å². The minimum Gasteiger partial charge on any atom is -0.477 e. The molecule has 0 aliphatic heterocycles. The molecule has 0 amide bonds. The van der Waals surface area contributed by atoms with Gasteiger partial charge in [0.25, 0.3) is 5.56 Å². The van der Waals surface area contributed by atoms with Gasteiger partial charge >= 0.3 is 5.97 Å². The molecule has 0 fully saturated rings. The van der Waals surface area contributed by atoms with Crippen LogP contribution in [0.5, 0.6) is 0 Å². The van der Waals surface area contributed by atoms with E-state index in [-0.39, 0.29) is 5.02 Å². The number of aromatic nitrogens is 1. The fraction of sp³-hybridized carbons (Fsp3) is 0. The minimum absolute atomic E-state index is 0.00231. The van der Waals surface area contributed by atoms with Crippen molar-refractivity contribution in [3.63, 3.8) is 0 Å². The summed E-state index contributed by atoms with van der Waals surface area (Å²) in [5, 5.41) is 12.7. The first-order valence-electron chi connectivity index (χ1n) is 3.62. The molecule has 0 radical (unpaired) electrons. The van der Waals surface area contributed by atoms with Gasteiger partial charge in [-0.25, -0.2) is 4.79 Å². The third-order valence-electron chi connectivity index (χ3n) is 1.81. The molecule has 0 unspecified atom stereocenters. The Morgan fingerprint density at radius 1 is 1.50 bits per heavy atom. The fourth-order valence-corrected chi connectivity index (χ4v) is 2.33. The molecule has 0 aliphatic carbocycles. The number of carbonyl (C=O) groups is 1. The second-order valence-electron chi connectivity index (χ2n) is 2.65. The highest BCUT2D eigenvalue weighted by Gasteiger charge is 2.17. The number of rotatable bonds is 1. The molecule has 0 saturated heterocycles. The van der Waals surface area contributed by atoms with E-state index in [1.807, 2.05) is 0 Å². The molecular weight excluding hydrogens is 226 g/mol. The van der Waals surface area contributed by atoms with Gasteiger partial charge in [-0.15, -0.1) is 11.3 Å². The number of fused-ring (bicyclic) bond motifs is 1. The molecule has 0 aliphatic rings. The molecule has 2 heterocycles. The first-order chi connectivity index (χ1) is 6.61. The summed E-state index contributed by atoms with van der Waals surface area (Å²) in [5.74, 6) is -1.32. The topological polar surface area (TPSA) is 70.2 Å². The van der Waals surface area contributed by atoms with Crippen LogP contribution in [0.2, 0.25) is 5.02 Å². The van der Waals surface area contributed by atoms with E-state index in [1.54, 1.807) is 10.8 Å². The summed E-state index contributed by atoms with van der Waals surface area (Å²) < 4.78 is 0. The maximum Gasteiger partial charge on any atom is 0.342 e. The van der Waals surface area contributed by atoms with E-state index in [2.05, 4.69) is 4.98 Å². The summed E-state index contributed by atoms with van der Waals surface area (Å²) in [4.78, 5) is 24.4. The third-order valence-corrected chi connectivity index (χ3v) is 2.94. The zero-order chi connectivity index (χ0) is 10.3. The second kappa shape index (κ2) is 3.11. The number of thiophene rings is 1. The second-order valence-corrected chi connectivity index (χ2v) is 3.77. The number of hydrogen-bond acceptors (Lipinski definition) is 3. The van der Waals surface area contributed by atoms with Crippen molar-refractivity contribution in [1.82, 2.24) is 4.98 Å². The Labute approximate surface area is 86.8 Å². The van der Waals surface area contributed by atoms with Crippen LogP contribution in [0.4, 0.5) is 0 Å². The van der Waals surface area contributed by atoms with Crippen molar-refractivity contribution >= 4 is 39.8 Å². The number of nitrogens with one attached hydrogen (secondary N) is 1. The summed E-state index contributed by atoms with van der Waals surface area (Å²) in [7, 11) is 0. The smallest absolute Gasteiger partial charge is 0.342 e. The zero-order valence-corrected chi connectivity index (χ0v) is 8.28. The highest BCUT2D eigenvalue weighted by molar-refractivity contribution is 7.09. The molecule has 0 spiro atoms. The molecule has 2 rings (SSSR count). The van der Waals surface area contributed by atoms with Crippen LogP contribution in [0.25, 0.3) is 10.9 Å². The normalized spacial score (nSPS) is 10.6. The largest absolute Gasteiger partial charge is 0.477 e. The van der Waals surface area contributed by atoms with Crippen LogP contribution in [-0.2, 0) is 0 Å². The SMILES string of the molecule is O=C(O)c1c(Cl)c2cscc2[nH]c1=O. The number of carboxylic acids is 1. The Bertz CT molecular complexity index is 571. The third kappa shape index (κ3) is 1.21. The predicted molar refractivity (Wildman–Crippen MR) is 54.4 cm³/mol. The molecule has 14 heavy (non-hydrogen) atoms. The van der Waals surface area contributed by atoms with Crippen LogP contribution in [0.3, 0.4) is 0 Å². The Morgan fingerprint density at radius 3 is 2.86 bits per heavy atom. The van der Waals surface area contributed by atoms with Crippen molar-refractivity contribution in [3.05, 3.63) is 31.7 Å². The van der Waals surface area contributed by atoms with E-state index in [0.29, 0.717) is 10.9 Å². The van der Waals surface area contributed by atoms with Gasteiger partial charge in [-0.2, -0.15) is 0 Å². The van der Waals surface area contributed by atoms with E-state index in [4.69, 9.17) is 16.7 Å². The summed E-state index contributed by atoms with van der Waals surface area (Å²) >= 11 is 7.14. The first-order valence-corrected chi connectivity index (χ1v) is 4.94. The van der Waals surface area contributed by atoms with Crippen LogP contribution in [-0.4, -0.2) is 16.1 Å². The number of hydrogen-bond donors (Lipinski definition) is 2. The number of aromatic carboxylic acids is 1. The van der Waals surface area contributed by atoms with Crippen molar-refractivity contribution in [2.45, 2.75) is 0 Å². The molecule has 2 N–H and O–H groups in total. The Hall–Kier alpha value is -1.33. The molecule has 4 nitrogen and oxygen atoms in total. The zero-order valence-electron chi connectivity index (χ0n) is 6.70. The lowest BCUT2D eigenvalue weighted by Gasteiger charge is -1.98. The molecule has 2 aromatic rings. The van der Waals surface area contributed by atoms with E-state index in [1.165, 1.54) is 11.3 Å². The van der Waals surface area contributed by atoms with Crippen LogP contribution in [0, 0.1) is 0 Å². The van der Waals surface area contributed by atoms with Gasteiger partial charge in [0.1, 0.15) is 5.56 Å². The first kappa shape index (κ1) is 9.23. The summed E-state index contributed by atoms with van der Waals surface area (Å²) in [6.45, 7) is 0. The monoisotopic (exact) mass is 229 g/mol. The fourth-order valence-electron chi connectivity index (χ4n) is 1.17. The lowest BCUT2D eigenvalue weighted by molar-refractivity contribution is 0.0695. The molecule has 72 valence electrons. The predicted octanol–water partition coefficient (Wildman–Crippen LogP) is 1.94. The number of halogens is 1. The lowest BCUT2D eigenvalue weighted by Crippen LogP contribution is -2.17. The highest BCUT2D eigenvalue weighted by atomic mass is 35.5. The lowest BCUT2D eigenvalue weighted by atomic mass is 10.2. The van der Waals surface area contributed by atoms with Gasteiger partial charge < -0.3 is 10.1 Å². The molecule has 0 atom stereocenters. The average molecular weight is 230 g/mol. The molecule has 0 saturated carbocycles. The van der Waals surface area contributed by atoms with Gasteiger partial charge in [0.2, 0.25) is 0 Å². The van der Waals surface area contributed by atoms with Gasteiger partial charge in [0, 0.05) is 16.1 Å². The summed E-state index contributed by atoms with van der Waals surface area (Å²) in [5.41, 5.74) is -0.513. The van der Waals surface area contributed by atoms with E-state index >= 15 is 0 Å². The molecular formula is C8H4ClNO3S. The van der Waals surface area contributed by atoms with Crippen molar-refractivity contribution < 1.29 is 9.90 Å². The van der Waals surface area contributed by atoms with Gasteiger partial charge in [0.15, 0.2) is 0 Å². The number of H-pyrrole nitrogens is 1. The van der Waals surface area contributed by atoms with Gasteiger partial charge in [-0.05, 0) is 0 Å². The van der Waals surface area contributed by atoms with E-state index in [0.717, 1.165) is 0 Å². The van der Waals surface area contributed by atoms with Crippen molar-refractivity contribution in [3.8, 4) is 0 Å².